The number of benzene rings is 1. The number of nitrogens with zero attached hydrogens (tertiary/aromatic N) is 2. The van der Waals surface area contributed by atoms with Gasteiger partial charge in [-0.3, -0.25) is 4.79 Å². The molecule has 1 aromatic rings. The lowest BCUT2D eigenvalue weighted by atomic mass is 9.80. The molecule has 0 heterocycles. The number of carbonyl (C=O) groups excluding carboxylic acids is 1. The zero-order chi connectivity index (χ0) is 21.1. The molecule has 29 heavy (non-hydrogen) atoms. The first-order chi connectivity index (χ1) is 14.1. The Morgan fingerprint density at radius 2 is 1.59 bits per heavy atom. The highest BCUT2D eigenvalue weighted by atomic mass is 16.5. The standard InChI is InChI=1S/C24H32N2O3/c1-3-5-7-8-18-9-11-19(12-10-18)24(27)29-23-14-13-22(28-15-6-4-2)20(16-25)21(23)17-26/h13-14,18-19H,3-12,15H2,1-2H3/t18-,19-. The predicted molar refractivity (Wildman–Crippen MR) is 112 cm³/mol. The minimum atomic E-state index is -0.294. The van der Waals surface area contributed by atoms with E-state index in [2.05, 4.69) is 13.8 Å². The summed E-state index contributed by atoms with van der Waals surface area (Å²) >= 11 is 0. The lowest BCUT2D eigenvalue weighted by Gasteiger charge is -2.27. The van der Waals surface area contributed by atoms with Gasteiger partial charge in [-0.1, -0.05) is 46.0 Å². The van der Waals surface area contributed by atoms with Gasteiger partial charge >= 0.3 is 5.97 Å². The smallest absolute Gasteiger partial charge is 0.314 e. The van der Waals surface area contributed by atoms with Crippen LogP contribution < -0.4 is 9.47 Å². The average molecular weight is 397 g/mol. The van der Waals surface area contributed by atoms with Crippen LogP contribution in [0.25, 0.3) is 0 Å². The second kappa shape index (κ2) is 12.1. The van der Waals surface area contributed by atoms with E-state index in [1.54, 1.807) is 12.1 Å². The van der Waals surface area contributed by atoms with Gasteiger partial charge in [0.15, 0.2) is 0 Å². The molecule has 0 unspecified atom stereocenters. The summed E-state index contributed by atoms with van der Waals surface area (Å²) in [6.45, 7) is 4.75. The van der Waals surface area contributed by atoms with Gasteiger partial charge in [-0.15, -0.1) is 0 Å². The third-order valence-corrected chi connectivity index (χ3v) is 5.71. The molecule has 0 atom stereocenters. The van der Waals surface area contributed by atoms with E-state index in [1.807, 2.05) is 12.1 Å². The van der Waals surface area contributed by atoms with Crippen LogP contribution in [0.15, 0.2) is 12.1 Å². The summed E-state index contributed by atoms with van der Waals surface area (Å²) in [6, 6.07) is 7.21. The van der Waals surface area contributed by atoms with Gasteiger partial charge in [0.2, 0.25) is 0 Å². The van der Waals surface area contributed by atoms with Crippen LogP contribution in [0.5, 0.6) is 11.5 Å². The number of nitriles is 2. The van der Waals surface area contributed by atoms with Gasteiger partial charge in [-0.25, -0.2) is 0 Å². The molecule has 0 spiro atoms. The van der Waals surface area contributed by atoms with Crippen molar-refractivity contribution >= 4 is 5.97 Å². The lowest BCUT2D eigenvalue weighted by molar-refractivity contribution is -0.140. The van der Waals surface area contributed by atoms with Crippen molar-refractivity contribution < 1.29 is 14.3 Å². The van der Waals surface area contributed by atoms with Gasteiger partial charge < -0.3 is 9.47 Å². The largest absolute Gasteiger partial charge is 0.492 e. The van der Waals surface area contributed by atoms with E-state index in [0.29, 0.717) is 18.3 Å². The zero-order valence-corrected chi connectivity index (χ0v) is 17.7. The Bertz CT molecular complexity index is 753. The molecule has 1 aliphatic rings. The molecule has 0 amide bonds. The van der Waals surface area contributed by atoms with E-state index < -0.39 is 0 Å². The molecule has 1 saturated carbocycles. The summed E-state index contributed by atoms with van der Waals surface area (Å²) in [7, 11) is 0. The molecule has 2 rings (SSSR count). The number of ether oxygens (including phenoxy) is 2. The van der Waals surface area contributed by atoms with Gasteiger partial charge in [-0.05, 0) is 50.2 Å². The monoisotopic (exact) mass is 396 g/mol. The molecule has 5 heteroatoms. The van der Waals surface area contributed by atoms with E-state index in [4.69, 9.17) is 9.47 Å². The van der Waals surface area contributed by atoms with Crippen molar-refractivity contribution in [1.82, 2.24) is 0 Å². The SMILES string of the molecule is CCCCC[C@H]1CC[C@H](C(=O)Oc2ccc(OCCCC)c(C#N)c2C#N)CC1. The van der Waals surface area contributed by atoms with Gasteiger partial charge in [-0.2, -0.15) is 10.5 Å². The van der Waals surface area contributed by atoms with E-state index in [-0.39, 0.29) is 28.8 Å². The number of esters is 1. The van der Waals surface area contributed by atoms with Crippen molar-refractivity contribution in [2.45, 2.75) is 78.1 Å². The second-order valence-electron chi connectivity index (χ2n) is 7.87. The van der Waals surface area contributed by atoms with Crippen LogP contribution in [0.3, 0.4) is 0 Å². The summed E-state index contributed by atoms with van der Waals surface area (Å²) in [5.41, 5.74) is 0.205. The average Bonchev–Trinajstić information content (AvgIpc) is 2.74. The fourth-order valence-electron chi connectivity index (χ4n) is 3.88. The van der Waals surface area contributed by atoms with Crippen molar-refractivity contribution in [3.8, 4) is 23.6 Å². The van der Waals surface area contributed by atoms with Crippen molar-refractivity contribution in [2.75, 3.05) is 6.61 Å². The molecule has 1 fully saturated rings. The fraction of sp³-hybridized carbons (Fsp3) is 0.625. The highest BCUT2D eigenvalue weighted by Gasteiger charge is 2.28. The maximum absolute atomic E-state index is 12.7. The van der Waals surface area contributed by atoms with Crippen molar-refractivity contribution in [3.05, 3.63) is 23.3 Å². The van der Waals surface area contributed by atoms with E-state index in [9.17, 15) is 15.3 Å². The molecule has 0 saturated heterocycles. The van der Waals surface area contributed by atoms with Crippen LogP contribution in [0, 0.1) is 34.5 Å². The molecule has 156 valence electrons. The summed E-state index contributed by atoms with van der Waals surface area (Å²) in [4.78, 5) is 12.7. The Morgan fingerprint density at radius 1 is 0.966 bits per heavy atom. The van der Waals surface area contributed by atoms with Crippen LogP contribution in [0.1, 0.15) is 89.2 Å². The molecule has 0 aromatic heterocycles. The quantitative estimate of drug-likeness (QED) is 0.279. The molecular formula is C24H32N2O3. The van der Waals surface area contributed by atoms with Crippen molar-refractivity contribution in [3.63, 3.8) is 0 Å². The normalized spacial score (nSPS) is 18.5. The van der Waals surface area contributed by atoms with Crippen molar-refractivity contribution in [2.24, 2.45) is 11.8 Å². The van der Waals surface area contributed by atoms with E-state index >= 15 is 0 Å². The first-order valence-electron chi connectivity index (χ1n) is 11.0. The maximum atomic E-state index is 12.7. The number of rotatable bonds is 10. The van der Waals surface area contributed by atoms with Gasteiger partial charge in [0.05, 0.1) is 12.5 Å². The molecular weight excluding hydrogens is 364 g/mol. The Balaban J connectivity index is 2.00. The Kier molecular flexibility index (Phi) is 9.51. The first kappa shape index (κ1) is 22.8. The topological polar surface area (TPSA) is 83.1 Å². The molecule has 1 aliphatic carbocycles. The van der Waals surface area contributed by atoms with E-state index in [0.717, 1.165) is 38.5 Å². The highest BCUT2D eigenvalue weighted by Crippen LogP contribution is 2.35. The molecule has 0 aliphatic heterocycles. The molecule has 0 N–H and O–H groups in total. The zero-order valence-electron chi connectivity index (χ0n) is 17.7. The van der Waals surface area contributed by atoms with Crippen LogP contribution in [0.2, 0.25) is 0 Å². The molecule has 1 aromatic carbocycles. The van der Waals surface area contributed by atoms with Gasteiger partial charge in [0.1, 0.15) is 34.8 Å². The Labute approximate surface area is 174 Å². The third kappa shape index (κ3) is 6.50. The second-order valence-corrected chi connectivity index (χ2v) is 7.87. The summed E-state index contributed by atoms with van der Waals surface area (Å²) in [5.74, 6) is 0.809. The summed E-state index contributed by atoms with van der Waals surface area (Å²) < 4.78 is 11.2. The van der Waals surface area contributed by atoms with Crippen LogP contribution >= 0.6 is 0 Å². The fourth-order valence-corrected chi connectivity index (χ4v) is 3.88. The number of hydrogen-bond acceptors (Lipinski definition) is 5. The highest BCUT2D eigenvalue weighted by molar-refractivity contribution is 5.77. The Morgan fingerprint density at radius 3 is 2.21 bits per heavy atom. The maximum Gasteiger partial charge on any atom is 0.314 e. The molecule has 0 radical (unpaired) electrons. The van der Waals surface area contributed by atoms with Crippen LogP contribution in [0.4, 0.5) is 0 Å². The summed E-state index contributed by atoms with van der Waals surface area (Å²) in [5, 5.41) is 19.0. The minimum absolute atomic E-state index is 0.0723. The number of carbonyl (C=O) groups is 1. The van der Waals surface area contributed by atoms with E-state index in [1.165, 1.54) is 25.7 Å². The number of unbranched alkanes of at least 4 members (excludes halogenated alkanes) is 3. The Hall–Kier alpha value is -2.53. The van der Waals surface area contributed by atoms with Gasteiger partial charge in [0, 0.05) is 0 Å². The molecule has 5 nitrogen and oxygen atoms in total. The lowest BCUT2D eigenvalue weighted by Crippen LogP contribution is -2.26. The summed E-state index contributed by atoms with van der Waals surface area (Å²) in [6.07, 6.45) is 10.7. The van der Waals surface area contributed by atoms with Crippen molar-refractivity contribution in [1.29, 1.82) is 10.5 Å². The minimum Gasteiger partial charge on any atom is -0.492 e. The number of hydrogen-bond donors (Lipinski definition) is 0. The van der Waals surface area contributed by atoms with Crippen LogP contribution in [-0.4, -0.2) is 12.6 Å². The predicted octanol–water partition coefficient (Wildman–Crippen LogP) is 5.90. The third-order valence-electron chi connectivity index (χ3n) is 5.71. The first-order valence-corrected chi connectivity index (χ1v) is 11.0. The van der Waals surface area contributed by atoms with Crippen LogP contribution in [-0.2, 0) is 4.79 Å². The van der Waals surface area contributed by atoms with Gasteiger partial charge in [0.25, 0.3) is 0 Å². The molecule has 0 bridgehead atoms.